The van der Waals surface area contributed by atoms with Crippen LogP contribution in [0.25, 0.3) is 0 Å². The van der Waals surface area contributed by atoms with Gasteiger partial charge in [0.25, 0.3) is 0 Å². The second kappa shape index (κ2) is 14.7. The maximum atomic E-state index is 13.5. The third kappa shape index (κ3) is 9.49. The van der Waals surface area contributed by atoms with Gasteiger partial charge >= 0.3 is 0 Å². The van der Waals surface area contributed by atoms with Crippen molar-refractivity contribution in [2.75, 3.05) is 45.9 Å². The molecule has 1 aromatic heterocycles. The number of amides is 2. The first-order chi connectivity index (χ1) is 17.0. The molecule has 192 valence electrons. The number of aryl methyl sites for hydroxylation is 1. The van der Waals surface area contributed by atoms with E-state index in [2.05, 4.69) is 11.8 Å². The molecule has 7 nitrogen and oxygen atoms in total. The van der Waals surface area contributed by atoms with Crippen molar-refractivity contribution >= 4 is 11.8 Å². The van der Waals surface area contributed by atoms with E-state index in [0.717, 1.165) is 75.6 Å². The summed E-state index contributed by atoms with van der Waals surface area (Å²) < 4.78 is 11.2. The van der Waals surface area contributed by atoms with E-state index >= 15 is 0 Å². The molecule has 0 unspecified atom stereocenters. The SMILES string of the molecule is CCCCCC(=O)N(CCCN1CCOCC1)CC(=O)N(Cc1ccccc1)Cc1ccc(C)o1. The first-order valence-electron chi connectivity index (χ1n) is 13.0. The van der Waals surface area contributed by atoms with Crippen LogP contribution in [0.4, 0.5) is 0 Å². The van der Waals surface area contributed by atoms with Crippen molar-refractivity contribution in [3.63, 3.8) is 0 Å². The highest BCUT2D eigenvalue weighted by Crippen LogP contribution is 2.14. The molecule has 0 spiro atoms. The van der Waals surface area contributed by atoms with E-state index in [1.165, 1.54) is 0 Å². The molecule has 7 heteroatoms. The lowest BCUT2D eigenvalue weighted by Crippen LogP contribution is -2.44. The maximum absolute atomic E-state index is 13.5. The lowest BCUT2D eigenvalue weighted by atomic mass is 10.1. The van der Waals surface area contributed by atoms with E-state index in [1.807, 2.05) is 49.4 Å². The fraction of sp³-hybridized carbons (Fsp3) is 0.571. The van der Waals surface area contributed by atoms with Gasteiger partial charge in [0.15, 0.2) is 0 Å². The Kier molecular flexibility index (Phi) is 11.3. The van der Waals surface area contributed by atoms with Crippen molar-refractivity contribution in [2.45, 2.75) is 59.0 Å². The van der Waals surface area contributed by atoms with Crippen LogP contribution in [0.15, 0.2) is 46.9 Å². The van der Waals surface area contributed by atoms with Crippen LogP contribution in [0.5, 0.6) is 0 Å². The summed E-state index contributed by atoms with van der Waals surface area (Å²) >= 11 is 0. The molecule has 35 heavy (non-hydrogen) atoms. The van der Waals surface area contributed by atoms with Crippen molar-refractivity contribution in [1.29, 1.82) is 0 Å². The van der Waals surface area contributed by atoms with Crippen LogP contribution in [0.3, 0.4) is 0 Å². The van der Waals surface area contributed by atoms with E-state index in [1.54, 1.807) is 9.80 Å². The van der Waals surface area contributed by atoms with Gasteiger partial charge in [-0.1, -0.05) is 50.1 Å². The molecule has 2 aromatic rings. The minimum absolute atomic E-state index is 0.0573. The number of carbonyl (C=O) groups excluding carboxylic acids is 2. The van der Waals surface area contributed by atoms with Gasteiger partial charge in [-0.3, -0.25) is 14.5 Å². The Bertz CT molecular complexity index is 893. The van der Waals surface area contributed by atoms with Crippen LogP contribution in [0.2, 0.25) is 0 Å². The molecular formula is C28H41N3O4. The average Bonchev–Trinajstić information content (AvgIpc) is 3.28. The topological polar surface area (TPSA) is 66.2 Å². The number of rotatable bonds is 14. The van der Waals surface area contributed by atoms with Crippen LogP contribution >= 0.6 is 0 Å². The second-order valence-corrected chi connectivity index (χ2v) is 9.33. The van der Waals surface area contributed by atoms with Gasteiger partial charge in [-0.25, -0.2) is 0 Å². The summed E-state index contributed by atoms with van der Waals surface area (Å²) in [7, 11) is 0. The molecule has 0 radical (unpaired) electrons. The zero-order chi connectivity index (χ0) is 24.9. The maximum Gasteiger partial charge on any atom is 0.242 e. The van der Waals surface area contributed by atoms with Gasteiger partial charge in [0.05, 0.1) is 26.3 Å². The zero-order valence-corrected chi connectivity index (χ0v) is 21.4. The molecule has 1 aliphatic heterocycles. The molecule has 1 fully saturated rings. The lowest BCUT2D eigenvalue weighted by Gasteiger charge is -2.30. The van der Waals surface area contributed by atoms with Crippen LogP contribution in [-0.2, 0) is 27.4 Å². The molecule has 0 atom stereocenters. The van der Waals surface area contributed by atoms with Crippen molar-refractivity contribution in [1.82, 2.24) is 14.7 Å². The summed E-state index contributed by atoms with van der Waals surface area (Å²) in [5.41, 5.74) is 1.05. The molecule has 0 N–H and O–H groups in total. The second-order valence-electron chi connectivity index (χ2n) is 9.33. The Labute approximate surface area is 210 Å². The van der Waals surface area contributed by atoms with Gasteiger partial charge in [0, 0.05) is 39.1 Å². The quantitative estimate of drug-likeness (QED) is 0.376. The van der Waals surface area contributed by atoms with Gasteiger partial charge in [-0.2, -0.15) is 0 Å². The van der Waals surface area contributed by atoms with Crippen LogP contribution < -0.4 is 0 Å². The molecule has 2 heterocycles. The van der Waals surface area contributed by atoms with E-state index < -0.39 is 0 Å². The number of benzene rings is 1. The highest BCUT2D eigenvalue weighted by Gasteiger charge is 2.23. The fourth-order valence-electron chi connectivity index (χ4n) is 4.34. The van der Waals surface area contributed by atoms with E-state index in [-0.39, 0.29) is 18.4 Å². The molecule has 0 aliphatic carbocycles. The molecule has 0 saturated carbocycles. The predicted octanol–water partition coefficient (Wildman–Crippen LogP) is 4.25. The van der Waals surface area contributed by atoms with Gasteiger partial charge in [0.1, 0.15) is 11.5 Å². The standard InChI is InChI=1S/C28H41N3O4/c1-3-4-6-12-27(32)30(16-9-15-29-17-19-34-20-18-29)23-28(33)31(21-25-10-7-5-8-11-25)22-26-14-13-24(2)35-26/h5,7-8,10-11,13-14H,3-4,6,9,12,15-23H2,1-2H3. The highest BCUT2D eigenvalue weighted by atomic mass is 16.5. The van der Waals surface area contributed by atoms with Crippen LogP contribution in [-0.4, -0.2) is 72.5 Å². The van der Waals surface area contributed by atoms with Crippen LogP contribution in [0.1, 0.15) is 56.1 Å². The van der Waals surface area contributed by atoms with Crippen LogP contribution in [0, 0.1) is 6.92 Å². The normalized spacial score (nSPS) is 14.1. The summed E-state index contributed by atoms with van der Waals surface area (Å²) in [6.45, 7) is 9.87. The number of ether oxygens (including phenoxy) is 1. The molecule has 1 aromatic carbocycles. The monoisotopic (exact) mass is 483 g/mol. The number of nitrogens with zero attached hydrogens (tertiary/aromatic N) is 3. The highest BCUT2D eigenvalue weighted by molar-refractivity contribution is 5.84. The number of hydrogen-bond acceptors (Lipinski definition) is 5. The molecule has 0 bridgehead atoms. The van der Waals surface area contributed by atoms with E-state index in [9.17, 15) is 9.59 Å². The summed E-state index contributed by atoms with van der Waals surface area (Å²) in [6, 6.07) is 13.8. The Hall–Kier alpha value is -2.64. The predicted molar refractivity (Wildman–Crippen MR) is 137 cm³/mol. The van der Waals surface area contributed by atoms with E-state index in [4.69, 9.17) is 9.15 Å². The third-order valence-electron chi connectivity index (χ3n) is 6.39. The number of unbranched alkanes of at least 4 members (excludes halogenated alkanes) is 2. The largest absolute Gasteiger partial charge is 0.464 e. The van der Waals surface area contributed by atoms with Crippen molar-refractivity contribution in [3.8, 4) is 0 Å². The smallest absolute Gasteiger partial charge is 0.242 e. The molecular weight excluding hydrogens is 442 g/mol. The van der Waals surface area contributed by atoms with Crippen molar-refractivity contribution in [2.24, 2.45) is 0 Å². The zero-order valence-electron chi connectivity index (χ0n) is 21.4. The third-order valence-corrected chi connectivity index (χ3v) is 6.39. The van der Waals surface area contributed by atoms with Gasteiger partial charge in [-0.05, 0) is 37.5 Å². The summed E-state index contributed by atoms with van der Waals surface area (Å²) in [5.74, 6) is 1.59. The van der Waals surface area contributed by atoms with Gasteiger partial charge in [0.2, 0.25) is 11.8 Å². The first kappa shape index (κ1) is 27.0. The number of morpholine rings is 1. The summed E-state index contributed by atoms with van der Waals surface area (Å²) in [4.78, 5) is 32.5. The van der Waals surface area contributed by atoms with Crippen molar-refractivity contribution < 1.29 is 18.7 Å². The lowest BCUT2D eigenvalue weighted by molar-refractivity contribution is -0.141. The number of hydrogen-bond donors (Lipinski definition) is 0. The number of carbonyl (C=O) groups is 2. The van der Waals surface area contributed by atoms with Crippen molar-refractivity contribution in [3.05, 3.63) is 59.5 Å². The minimum atomic E-state index is -0.0573. The Morgan fingerprint density at radius 3 is 2.37 bits per heavy atom. The Balaban J connectivity index is 1.66. The Morgan fingerprint density at radius 1 is 0.914 bits per heavy atom. The molecule has 2 amide bonds. The van der Waals surface area contributed by atoms with E-state index in [0.29, 0.717) is 26.1 Å². The summed E-state index contributed by atoms with van der Waals surface area (Å²) in [5, 5.41) is 0. The average molecular weight is 484 g/mol. The molecule has 1 aliphatic rings. The molecule has 3 rings (SSSR count). The van der Waals surface area contributed by atoms with Gasteiger partial charge in [-0.15, -0.1) is 0 Å². The Morgan fingerprint density at radius 2 is 1.69 bits per heavy atom. The first-order valence-corrected chi connectivity index (χ1v) is 13.0. The fourth-order valence-corrected chi connectivity index (χ4v) is 4.34. The number of furan rings is 1. The molecule has 1 saturated heterocycles. The van der Waals surface area contributed by atoms with Gasteiger partial charge < -0.3 is 19.0 Å². The summed E-state index contributed by atoms with van der Waals surface area (Å²) in [6.07, 6.45) is 4.30. The minimum Gasteiger partial charge on any atom is -0.464 e.